The van der Waals surface area contributed by atoms with E-state index in [0.717, 1.165) is 0 Å². The van der Waals surface area contributed by atoms with Crippen molar-refractivity contribution in [2.24, 2.45) is 5.73 Å². The zero-order valence-electron chi connectivity index (χ0n) is 8.74. The molecule has 0 saturated carbocycles. The van der Waals surface area contributed by atoms with Crippen LogP contribution in [0.1, 0.15) is 24.2 Å². The summed E-state index contributed by atoms with van der Waals surface area (Å²) in [4.78, 5) is 11.8. The van der Waals surface area contributed by atoms with E-state index < -0.39 is 5.54 Å². The van der Waals surface area contributed by atoms with E-state index in [2.05, 4.69) is 0 Å². The highest BCUT2D eigenvalue weighted by molar-refractivity contribution is 6.03. The van der Waals surface area contributed by atoms with Gasteiger partial charge in [0.25, 0.3) is 0 Å². The number of benzene rings is 1. The van der Waals surface area contributed by atoms with Gasteiger partial charge in [-0.2, -0.15) is 0 Å². The molecule has 1 aromatic rings. The molecule has 1 aliphatic heterocycles. The number of carbonyl (C=O) groups is 1. The van der Waals surface area contributed by atoms with Gasteiger partial charge in [0, 0.05) is 5.56 Å². The Balaban J connectivity index is 2.35. The lowest BCUT2D eigenvalue weighted by Crippen LogP contribution is -2.41. The summed E-state index contributed by atoms with van der Waals surface area (Å²) in [5, 5.41) is 0. The monoisotopic (exact) mass is 207 g/mol. The van der Waals surface area contributed by atoms with Crippen molar-refractivity contribution in [1.82, 2.24) is 0 Å². The van der Waals surface area contributed by atoms with Crippen LogP contribution < -0.4 is 15.2 Å². The second-order valence-electron chi connectivity index (χ2n) is 4.12. The average Bonchev–Trinajstić information content (AvgIpc) is 2.61. The maximum absolute atomic E-state index is 11.8. The molecule has 0 aliphatic carbocycles. The molecule has 1 aliphatic rings. The van der Waals surface area contributed by atoms with Crippen LogP contribution in [0.2, 0.25) is 0 Å². The van der Waals surface area contributed by atoms with E-state index in [1.807, 2.05) is 0 Å². The molecule has 4 nitrogen and oxygen atoms in total. The van der Waals surface area contributed by atoms with Gasteiger partial charge < -0.3 is 15.2 Å². The molecule has 0 unspecified atom stereocenters. The Labute approximate surface area is 88.0 Å². The summed E-state index contributed by atoms with van der Waals surface area (Å²) in [7, 11) is 0. The lowest BCUT2D eigenvalue weighted by Gasteiger charge is -2.16. The molecule has 0 atom stereocenters. The van der Waals surface area contributed by atoms with Crippen LogP contribution in [0.5, 0.6) is 11.5 Å². The fourth-order valence-electron chi connectivity index (χ4n) is 1.41. The standard InChI is InChI=1S/C11H13NO3/c1-11(2,12)10(13)7-3-4-8-9(5-7)15-6-14-8/h3-5H,6,12H2,1-2H3. The minimum atomic E-state index is -0.867. The molecule has 2 rings (SSSR count). The Kier molecular flexibility index (Phi) is 2.16. The number of ketones is 1. The first-order chi connectivity index (χ1) is 6.98. The lowest BCUT2D eigenvalue weighted by molar-refractivity contribution is 0.0913. The molecule has 0 bridgehead atoms. The average molecular weight is 207 g/mol. The van der Waals surface area contributed by atoms with Crippen molar-refractivity contribution in [3.8, 4) is 11.5 Å². The molecule has 2 N–H and O–H groups in total. The Morgan fingerprint density at radius 1 is 1.33 bits per heavy atom. The zero-order chi connectivity index (χ0) is 11.1. The summed E-state index contributed by atoms with van der Waals surface area (Å²) in [5.74, 6) is 1.16. The van der Waals surface area contributed by atoms with Crippen LogP contribution in [-0.4, -0.2) is 18.1 Å². The number of hydrogen-bond acceptors (Lipinski definition) is 4. The first kappa shape index (κ1) is 9.98. The summed E-state index contributed by atoms with van der Waals surface area (Å²) < 4.78 is 10.3. The van der Waals surface area contributed by atoms with Crippen molar-refractivity contribution in [1.29, 1.82) is 0 Å². The number of fused-ring (bicyclic) bond motifs is 1. The largest absolute Gasteiger partial charge is 0.454 e. The van der Waals surface area contributed by atoms with E-state index in [0.29, 0.717) is 17.1 Å². The Morgan fingerprint density at radius 3 is 2.67 bits per heavy atom. The normalized spacial score (nSPS) is 14.1. The molecule has 1 heterocycles. The van der Waals surface area contributed by atoms with Gasteiger partial charge in [0.2, 0.25) is 6.79 Å². The van der Waals surface area contributed by atoms with Crippen molar-refractivity contribution in [3.63, 3.8) is 0 Å². The molecule has 0 spiro atoms. The molecule has 0 radical (unpaired) electrons. The number of nitrogens with two attached hydrogens (primary N) is 1. The molecule has 1 aromatic carbocycles. The summed E-state index contributed by atoms with van der Waals surface area (Å²) in [6.45, 7) is 3.57. The fraction of sp³-hybridized carbons (Fsp3) is 0.364. The van der Waals surface area contributed by atoms with E-state index in [4.69, 9.17) is 15.2 Å². The smallest absolute Gasteiger partial charge is 0.231 e. The minimum Gasteiger partial charge on any atom is -0.454 e. The van der Waals surface area contributed by atoms with E-state index in [1.165, 1.54) is 0 Å². The molecule has 0 saturated heterocycles. The third-order valence-corrected chi connectivity index (χ3v) is 2.22. The van der Waals surface area contributed by atoms with Crippen molar-refractivity contribution in [2.45, 2.75) is 19.4 Å². The van der Waals surface area contributed by atoms with Crippen LogP contribution in [0, 0.1) is 0 Å². The van der Waals surface area contributed by atoms with E-state index in [9.17, 15) is 4.79 Å². The summed E-state index contributed by atoms with van der Waals surface area (Å²) in [6, 6.07) is 5.09. The number of rotatable bonds is 2. The highest BCUT2D eigenvalue weighted by atomic mass is 16.7. The third-order valence-electron chi connectivity index (χ3n) is 2.22. The van der Waals surface area contributed by atoms with Gasteiger partial charge in [0.05, 0.1) is 5.54 Å². The van der Waals surface area contributed by atoms with Crippen LogP contribution in [0.3, 0.4) is 0 Å². The third kappa shape index (κ3) is 1.80. The van der Waals surface area contributed by atoms with Crippen molar-refractivity contribution < 1.29 is 14.3 Å². The van der Waals surface area contributed by atoms with Gasteiger partial charge in [0.15, 0.2) is 17.3 Å². The molecule has 0 amide bonds. The van der Waals surface area contributed by atoms with Crippen LogP contribution >= 0.6 is 0 Å². The van der Waals surface area contributed by atoms with Gasteiger partial charge in [-0.1, -0.05) is 0 Å². The number of Topliss-reactive ketones (excluding diaryl/α,β-unsaturated/α-hetero) is 1. The molecular formula is C11H13NO3. The molecule has 0 fully saturated rings. The number of hydrogen-bond donors (Lipinski definition) is 1. The van der Waals surface area contributed by atoms with Crippen LogP contribution in [0.4, 0.5) is 0 Å². The quantitative estimate of drug-likeness (QED) is 0.743. The molecule has 4 heteroatoms. The van der Waals surface area contributed by atoms with Crippen molar-refractivity contribution in [3.05, 3.63) is 23.8 Å². The maximum atomic E-state index is 11.8. The maximum Gasteiger partial charge on any atom is 0.231 e. The van der Waals surface area contributed by atoms with Crippen LogP contribution in [0.25, 0.3) is 0 Å². The SMILES string of the molecule is CC(C)(N)C(=O)c1ccc2c(c1)OCO2. The van der Waals surface area contributed by atoms with Crippen molar-refractivity contribution in [2.75, 3.05) is 6.79 Å². The predicted octanol–water partition coefficient (Wildman–Crippen LogP) is 1.34. The Morgan fingerprint density at radius 2 is 2.00 bits per heavy atom. The van der Waals surface area contributed by atoms with Crippen LogP contribution in [-0.2, 0) is 0 Å². The van der Waals surface area contributed by atoms with Crippen LogP contribution in [0.15, 0.2) is 18.2 Å². The summed E-state index contributed by atoms with van der Waals surface area (Å²) in [5.41, 5.74) is 5.42. The highest BCUT2D eigenvalue weighted by Gasteiger charge is 2.25. The molecule has 15 heavy (non-hydrogen) atoms. The van der Waals surface area contributed by atoms with Gasteiger partial charge in [-0.25, -0.2) is 0 Å². The van der Waals surface area contributed by atoms with Gasteiger partial charge >= 0.3 is 0 Å². The second kappa shape index (κ2) is 3.24. The molecule has 80 valence electrons. The first-order valence-corrected chi connectivity index (χ1v) is 4.72. The van der Waals surface area contributed by atoms with Gasteiger partial charge in [-0.3, -0.25) is 4.79 Å². The zero-order valence-corrected chi connectivity index (χ0v) is 8.74. The van der Waals surface area contributed by atoms with Gasteiger partial charge in [0.1, 0.15) is 0 Å². The number of carbonyl (C=O) groups excluding carboxylic acids is 1. The van der Waals surface area contributed by atoms with E-state index in [1.54, 1.807) is 32.0 Å². The summed E-state index contributed by atoms with van der Waals surface area (Å²) >= 11 is 0. The first-order valence-electron chi connectivity index (χ1n) is 4.72. The minimum absolute atomic E-state index is 0.110. The Bertz CT molecular complexity index is 407. The fourth-order valence-corrected chi connectivity index (χ4v) is 1.41. The molecular weight excluding hydrogens is 194 g/mol. The van der Waals surface area contributed by atoms with Crippen molar-refractivity contribution >= 4 is 5.78 Å². The van der Waals surface area contributed by atoms with Gasteiger partial charge in [-0.15, -0.1) is 0 Å². The predicted molar refractivity (Wildman–Crippen MR) is 55.2 cm³/mol. The molecule has 0 aromatic heterocycles. The Hall–Kier alpha value is -1.55. The van der Waals surface area contributed by atoms with Gasteiger partial charge in [-0.05, 0) is 32.0 Å². The number of ether oxygens (including phenoxy) is 2. The highest BCUT2D eigenvalue weighted by Crippen LogP contribution is 2.33. The topological polar surface area (TPSA) is 61.6 Å². The second-order valence-corrected chi connectivity index (χ2v) is 4.12. The van der Waals surface area contributed by atoms with E-state index >= 15 is 0 Å². The lowest BCUT2D eigenvalue weighted by atomic mass is 9.94. The summed E-state index contributed by atoms with van der Waals surface area (Å²) in [6.07, 6.45) is 0. The van der Waals surface area contributed by atoms with E-state index in [-0.39, 0.29) is 12.6 Å².